The van der Waals surface area contributed by atoms with Crippen molar-refractivity contribution >= 4 is 5.97 Å². The summed E-state index contributed by atoms with van der Waals surface area (Å²) in [6, 6.07) is 6.33. The van der Waals surface area contributed by atoms with E-state index in [1.165, 1.54) is 18.2 Å². The lowest BCUT2D eigenvalue weighted by molar-refractivity contribution is -0.143. The third-order valence-corrected chi connectivity index (χ3v) is 3.37. The quantitative estimate of drug-likeness (QED) is 0.777. The van der Waals surface area contributed by atoms with Gasteiger partial charge in [0.2, 0.25) is 0 Å². The van der Waals surface area contributed by atoms with Crippen LogP contribution in [0.5, 0.6) is 5.75 Å². The number of hydrogen-bond donors (Lipinski definition) is 1. The molecule has 0 amide bonds. The fraction of sp³-hybridized carbons (Fsp3) is 0.562. The Morgan fingerprint density at radius 3 is 2.50 bits per heavy atom. The van der Waals surface area contributed by atoms with Gasteiger partial charge in [-0.2, -0.15) is 0 Å². The van der Waals surface area contributed by atoms with E-state index in [9.17, 15) is 4.79 Å². The average molecular weight is 277 g/mol. The van der Waals surface area contributed by atoms with Gasteiger partial charge in [0.25, 0.3) is 0 Å². The fourth-order valence-corrected chi connectivity index (χ4v) is 2.26. The van der Waals surface area contributed by atoms with E-state index in [1.54, 1.807) is 0 Å². The lowest BCUT2D eigenvalue weighted by atomic mass is 10.1. The molecule has 0 bridgehead atoms. The molecule has 1 unspecified atom stereocenters. The molecule has 2 rings (SSSR count). The zero-order valence-corrected chi connectivity index (χ0v) is 12.4. The summed E-state index contributed by atoms with van der Waals surface area (Å²) in [7, 11) is 1.43. The third-order valence-electron chi connectivity index (χ3n) is 3.37. The van der Waals surface area contributed by atoms with Crippen molar-refractivity contribution in [1.29, 1.82) is 0 Å². The minimum Gasteiger partial charge on any atom is -0.494 e. The van der Waals surface area contributed by atoms with Gasteiger partial charge < -0.3 is 14.8 Å². The lowest BCUT2D eigenvalue weighted by Crippen LogP contribution is -2.40. The molecule has 1 N–H and O–H groups in total. The van der Waals surface area contributed by atoms with E-state index in [-0.39, 0.29) is 12.0 Å². The number of benzene rings is 1. The van der Waals surface area contributed by atoms with Gasteiger partial charge >= 0.3 is 5.97 Å². The molecule has 1 atom stereocenters. The van der Waals surface area contributed by atoms with E-state index in [4.69, 9.17) is 9.47 Å². The lowest BCUT2D eigenvalue weighted by Gasteiger charge is -2.16. The van der Waals surface area contributed by atoms with Crippen LogP contribution in [0.1, 0.15) is 30.4 Å². The van der Waals surface area contributed by atoms with Crippen molar-refractivity contribution < 1.29 is 14.3 Å². The summed E-state index contributed by atoms with van der Waals surface area (Å²) in [6.07, 6.45) is 2.91. The fourth-order valence-electron chi connectivity index (χ4n) is 2.26. The summed E-state index contributed by atoms with van der Waals surface area (Å²) < 4.78 is 10.6. The second-order valence-corrected chi connectivity index (χ2v) is 5.48. The molecule has 1 saturated carbocycles. The van der Waals surface area contributed by atoms with E-state index in [2.05, 4.69) is 11.4 Å². The van der Waals surface area contributed by atoms with Crippen molar-refractivity contribution in [3.63, 3.8) is 0 Å². The summed E-state index contributed by atoms with van der Waals surface area (Å²) >= 11 is 0. The maximum Gasteiger partial charge on any atom is 0.322 e. The molecule has 1 aliphatic rings. The maximum absolute atomic E-state index is 11.7. The van der Waals surface area contributed by atoms with Gasteiger partial charge in [0.05, 0.1) is 13.7 Å². The van der Waals surface area contributed by atoms with Crippen LogP contribution in [0, 0.1) is 13.8 Å². The first-order valence-electron chi connectivity index (χ1n) is 7.13. The van der Waals surface area contributed by atoms with Crippen molar-refractivity contribution in [2.75, 3.05) is 13.7 Å². The van der Waals surface area contributed by atoms with Gasteiger partial charge in [0, 0.05) is 12.5 Å². The van der Waals surface area contributed by atoms with Crippen molar-refractivity contribution in [2.45, 2.75) is 45.2 Å². The zero-order chi connectivity index (χ0) is 14.5. The smallest absolute Gasteiger partial charge is 0.322 e. The number of ether oxygens (including phenoxy) is 2. The summed E-state index contributed by atoms with van der Waals surface area (Å²) in [5.41, 5.74) is 2.36. The highest BCUT2D eigenvalue weighted by Gasteiger charge is 2.28. The first-order valence-corrected chi connectivity index (χ1v) is 7.13. The minimum absolute atomic E-state index is 0.207. The third kappa shape index (κ3) is 4.53. The molecule has 0 radical (unpaired) electrons. The monoisotopic (exact) mass is 277 g/mol. The standard InChI is InChI=1S/C16H23NO3/c1-11-8-12(2)10-14(9-11)20-7-6-15(16(18)19-3)17-13-4-5-13/h8-10,13,15,17H,4-7H2,1-3H3. The Kier molecular flexibility index (Phi) is 5.01. The number of carbonyl (C=O) groups excluding carboxylic acids is 1. The molecule has 20 heavy (non-hydrogen) atoms. The van der Waals surface area contributed by atoms with E-state index in [1.807, 2.05) is 26.0 Å². The highest BCUT2D eigenvalue weighted by atomic mass is 16.5. The van der Waals surface area contributed by atoms with Crippen LogP contribution in [0.3, 0.4) is 0 Å². The van der Waals surface area contributed by atoms with E-state index in [0.717, 1.165) is 18.6 Å². The Balaban J connectivity index is 1.83. The molecule has 0 spiro atoms. The number of aryl methyl sites for hydroxylation is 2. The summed E-state index contributed by atoms with van der Waals surface area (Å²) in [6.45, 7) is 4.60. The average Bonchev–Trinajstić information content (AvgIpc) is 3.19. The van der Waals surface area contributed by atoms with Gasteiger partial charge in [-0.3, -0.25) is 4.79 Å². The molecular formula is C16H23NO3. The first kappa shape index (κ1) is 14.9. The van der Waals surface area contributed by atoms with Crippen molar-refractivity contribution in [3.05, 3.63) is 29.3 Å². The van der Waals surface area contributed by atoms with Crippen LogP contribution in [-0.2, 0) is 9.53 Å². The molecule has 1 aliphatic carbocycles. The summed E-state index contributed by atoms with van der Waals surface area (Å²) in [4.78, 5) is 11.7. The normalized spacial score (nSPS) is 15.8. The highest BCUT2D eigenvalue weighted by Crippen LogP contribution is 2.21. The van der Waals surface area contributed by atoms with Gasteiger partial charge in [-0.25, -0.2) is 0 Å². The second kappa shape index (κ2) is 6.75. The topological polar surface area (TPSA) is 47.6 Å². The number of nitrogens with one attached hydrogen (secondary N) is 1. The van der Waals surface area contributed by atoms with Gasteiger partial charge in [0.1, 0.15) is 11.8 Å². The van der Waals surface area contributed by atoms with Crippen molar-refractivity contribution in [2.24, 2.45) is 0 Å². The van der Waals surface area contributed by atoms with Crippen LogP contribution in [0.25, 0.3) is 0 Å². The van der Waals surface area contributed by atoms with Crippen LogP contribution in [0.15, 0.2) is 18.2 Å². The Bertz CT molecular complexity index is 449. The number of carbonyl (C=O) groups is 1. The Hall–Kier alpha value is -1.55. The number of rotatable bonds is 7. The van der Waals surface area contributed by atoms with Crippen LogP contribution in [0.2, 0.25) is 0 Å². The molecule has 1 aromatic rings. The molecule has 0 aliphatic heterocycles. The molecule has 0 heterocycles. The first-order chi connectivity index (χ1) is 9.58. The van der Waals surface area contributed by atoms with Crippen LogP contribution in [-0.4, -0.2) is 31.8 Å². The predicted octanol–water partition coefficient (Wildman–Crippen LogP) is 2.37. The zero-order valence-electron chi connectivity index (χ0n) is 12.4. The molecule has 4 heteroatoms. The summed E-state index contributed by atoms with van der Waals surface area (Å²) in [5.74, 6) is 0.651. The maximum atomic E-state index is 11.7. The Morgan fingerprint density at radius 2 is 1.95 bits per heavy atom. The van der Waals surface area contributed by atoms with Crippen LogP contribution in [0.4, 0.5) is 0 Å². The van der Waals surface area contributed by atoms with E-state index >= 15 is 0 Å². The van der Waals surface area contributed by atoms with Gasteiger partial charge in [0.15, 0.2) is 0 Å². The van der Waals surface area contributed by atoms with E-state index in [0.29, 0.717) is 19.1 Å². The molecule has 1 aromatic carbocycles. The highest BCUT2D eigenvalue weighted by molar-refractivity contribution is 5.75. The van der Waals surface area contributed by atoms with Gasteiger partial charge in [-0.15, -0.1) is 0 Å². The molecule has 0 aromatic heterocycles. The Labute approximate surface area is 120 Å². The van der Waals surface area contributed by atoms with Gasteiger partial charge in [-0.05, 0) is 49.9 Å². The molecule has 0 saturated heterocycles. The molecule has 1 fully saturated rings. The number of esters is 1. The predicted molar refractivity (Wildman–Crippen MR) is 78.0 cm³/mol. The number of hydrogen-bond acceptors (Lipinski definition) is 4. The van der Waals surface area contributed by atoms with Crippen LogP contribution < -0.4 is 10.1 Å². The largest absolute Gasteiger partial charge is 0.494 e. The van der Waals surface area contributed by atoms with E-state index < -0.39 is 0 Å². The minimum atomic E-state index is -0.265. The molecular weight excluding hydrogens is 254 g/mol. The summed E-state index contributed by atoms with van der Waals surface area (Å²) in [5, 5.41) is 3.30. The number of methoxy groups -OCH3 is 1. The van der Waals surface area contributed by atoms with Gasteiger partial charge in [-0.1, -0.05) is 6.07 Å². The molecule has 110 valence electrons. The SMILES string of the molecule is COC(=O)C(CCOc1cc(C)cc(C)c1)NC1CC1. The molecule has 4 nitrogen and oxygen atoms in total. The second-order valence-electron chi connectivity index (χ2n) is 5.48. The van der Waals surface area contributed by atoms with Crippen LogP contribution >= 0.6 is 0 Å². The Morgan fingerprint density at radius 1 is 1.30 bits per heavy atom. The van der Waals surface area contributed by atoms with Crippen molar-refractivity contribution in [3.8, 4) is 5.75 Å². The van der Waals surface area contributed by atoms with Crippen molar-refractivity contribution in [1.82, 2.24) is 5.32 Å².